The molecule has 4 nitrogen and oxygen atoms in total. The molecule has 0 radical (unpaired) electrons. The maximum absolute atomic E-state index is 12.8. The Morgan fingerprint density at radius 1 is 1.38 bits per heavy atom. The predicted octanol–water partition coefficient (Wildman–Crippen LogP) is 3.89. The molecule has 118 valence electrons. The van der Waals surface area contributed by atoms with Gasteiger partial charge in [0.05, 0.1) is 9.37 Å². The van der Waals surface area contributed by atoms with E-state index in [1.54, 1.807) is 10.4 Å². The van der Waals surface area contributed by atoms with Crippen LogP contribution in [0.2, 0.25) is 5.02 Å². The van der Waals surface area contributed by atoms with E-state index in [0.29, 0.717) is 34.2 Å². The second-order valence-corrected chi connectivity index (χ2v) is 8.55. The summed E-state index contributed by atoms with van der Waals surface area (Å²) >= 11 is 9.23. The molecule has 21 heavy (non-hydrogen) atoms. The number of halogens is 2. The van der Waals surface area contributed by atoms with E-state index in [0.717, 1.165) is 25.7 Å². The summed E-state index contributed by atoms with van der Waals surface area (Å²) in [6, 6.07) is 3.00. The van der Waals surface area contributed by atoms with Gasteiger partial charge in [0.25, 0.3) is 0 Å². The van der Waals surface area contributed by atoms with E-state index in [9.17, 15) is 8.42 Å². The highest BCUT2D eigenvalue weighted by atomic mass is 79.9. The summed E-state index contributed by atoms with van der Waals surface area (Å²) in [7, 11) is -3.57. The fourth-order valence-electron chi connectivity index (χ4n) is 2.70. The van der Waals surface area contributed by atoms with Crippen molar-refractivity contribution in [1.82, 2.24) is 4.31 Å². The highest BCUT2D eigenvalue weighted by Gasteiger charge is 2.29. The molecule has 1 saturated heterocycles. The lowest BCUT2D eigenvalue weighted by Crippen LogP contribution is -2.32. The minimum Gasteiger partial charge on any atom is -0.398 e. The lowest BCUT2D eigenvalue weighted by molar-refractivity contribution is 0.407. The lowest BCUT2D eigenvalue weighted by Gasteiger charge is -2.21. The minimum atomic E-state index is -3.57. The smallest absolute Gasteiger partial charge is 0.244 e. The van der Waals surface area contributed by atoms with E-state index < -0.39 is 10.0 Å². The van der Waals surface area contributed by atoms with E-state index in [1.165, 1.54) is 6.07 Å². The van der Waals surface area contributed by atoms with Crippen molar-refractivity contribution in [3.8, 4) is 0 Å². The van der Waals surface area contributed by atoms with Crippen LogP contribution in [0.5, 0.6) is 0 Å². The van der Waals surface area contributed by atoms with Crippen LogP contribution in [0.4, 0.5) is 5.69 Å². The molecule has 0 aliphatic carbocycles. The Bertz CT molecular complexity index is 622. The zero-order chi connectivity index (χ0) is 15.6. The van der Waals surface area contributed by atoms with E-state index in [1.807, 2.05) is 0 Å². The average molecular weight is 396 g/mol. The first kappa shape index (κ1) is 17.1. The molecule has 1 unspecified atom stereocenters. The van der Waals surface area contributed by atoms with Crippen LogP contribution < -0.4 is 5.73 Å². The Labute approximate surface area is 139 Å². The number of rotatable bonds is 3. The van der Waals surface area contributed by atoms with Gasteiger partial charge in [0.1, 0.15) is 0 Å². The quantitative estimate of drug-likeness (QED) is 0.790. The van der Waals surface area contributed by atoms with Crippen molar-refractivity contribution in [2.24, 2.45) is 5.92 Å². The van der Waals surface area contributed by atoms with E-state index in [4.69, 9.17) is 17.3 Å². The van der Waals surface area contributed by atoms with Gasteiger partial charge in [-0.1, -0.05) is 24.9 Å². The second-order valence-electron chi connectivity index (χ2n) is 5.42. The summed E-state index contributed by atoms with van der Waals surface area (Å²) in [4.78, 5) is 0.155. The van der Waals surface area contributed by atoms with Crippen LogP contribution in [0, 0.1) is 5.92 Å². The molecular weight excluding hydrogens is 376 g/mol. The van der Waals surface area contributed by atoms with Crippen molar-refractivity contribution in [2.75, 3.05) is 18.8 Å². The number of sulfonamides is 1. The Balaban J connectivity index is 2.34. The molecule has 1 aliphatic rings. The van der Waals surface area contributed by atoms with Gasteiger partial charge in [-0.15, -0.1) is 0 Å². The van der Waals surface area contributed by atoms with Gasteiger partial charge in [-0.2, -0.15) is 4.31 Å². The van der Waals surface area contributed by atoms with Crippen LogP contribution in [0.15, 0.2) is 21.5 Å². The summed E-state index contributed by atoms with van der Waals surface area (Å²) in [6.45, 7) is 3.26. The minimum absolute atomic E-state index is 0.155. The third-order valence-electron chi connectivity index (χ3n) is 4.03. The van der Waals surface area contributed by atoms with Crippen molar-refractivity contribution in [3.63, 3.8) is 0 Å². The number of benzene rings is 1. The maximum atomic E-state index is 12.8. The summed E-state index contributed by atoms with van der Waals surface area (Å²) in [5.74, 6) is 0.609. The number of nitrogen functional groups attached to an aromatic ring is 1. The molecule has 2 N–H and O–H groups in total. The number of hydrogen-bond donors (Lipinski definition) is 1. The Hall–Kier alpha value is -0.300. The second kappa shape index (κ2) is 6.86. The standard InChI is InChI=1S/C14H20BrClN2O2S/c1-2-10-4-3-6-18(7-5-10)21(19,20)13-9-11(16)8-12(17)14(13)15/h8-10H,2-7,17H2,1H3. The molecule has 1 aliphatic heterocycles. The van der Waals surface area contributed by atoms with E-state index in [2.05, 4.69) is 22.9 Å². The first-order valence-corrected chi connectivity index (χ1v) is 9.72. The molecule has 0 aromatic heterocycles. The number of anilines is 1. The van der Waals surface area contributed by atoms with Crippen molar-refractivity contribution >= 4 is 43.2 Å². The van der Waals surface area contributed by atoms with Gasteiger partial charge in [0.15, 0.2) is 0 Å². The fourth-order valence-corrected chi connectivity index (χ4v) is 5.45. The van der Waals surface area contributed by atoms with Gasteiger partial charge in [-0.3, -0.25) is 0 Å². The summed E-state index contributed by atoms with van der Waals surface area (Å²) in [5.41, 5.74) is 6.14. The van der Waals surface area contributed by atoms with Crippen LogP contribution in [0.25, 0.3) is 0 Å². The normalized spacial score (nSPS) is 21.2. The number of nitrogens with zero attached hydrogens (tertiary/aromatic N) is 1. The van der Waals surface area contributed by atoms with Gasteiger partial charge in [-0.25, -0.2) is 8.42 Å². The molecule has 0 saturated carbocycles. The monoisotopic (exact) mass is 394 g/mol. The zero-order valence-corrected chi connectivity index (χ0v) is 15.1. The third-order valence-corrected chi connectivity index (χ3v) is 7.32. The molecule has 1 aromatic rings. The van der Waals surface area contributed by atoms with Crippen LogP contribution in [-0.4, -0.2) is 25.8 Å². The highest BCUT2D eigenvalue weighted by Crippen LogP contribution is 2.34. The molecule has 1 heterocycles. The molecule has 0 amide bonds. The molecular formula is C14H20BrClN2O2S. The van der Waals surface area contributed by atoms with Gasteiger partial charge >= 0.3 is 0 Å². The first-order valence-electron chi connectivity index (χ1n) is 7.11. The van der Waals surface area contributed by atoms with Crippen molar-refractivity contribution in [2.45, 2.75) is 37.5 Å². The molecule has 0 spiro atoms. The Morgan fingerprint density at radius 2 is 2.10 bits per heavy atom. The third kappa shape index (κ3) is 3.73. The van der Waals surface area contributed by atoms with Gasteiger partial charge in [0, 0.05) is 23.8 Å². The summed E-state index contributed by atoms with van der Waals surface area (Å²) in [5, 5.41) is 0.329. The van der Waals surface area contributed by atoms with Crippen LogP contribution in [-0.2, 0) is 10.0 Å². The van der Waals surface area contributed by atoms with Crippen LogP contribution in [0.1, 0.15) is 32.6 Å². The van der Waals surface area contributed by atoms with Crippen molar-refractivity contribution in [3.05, 3.63) is 21.6 Å². The largest absolute Gasteiger partial charge is 0.398 e. The summed E-state index contributed by atoms with van der Waals surface area (Å²) in [6.07, 6.45) is 3.98. The van der Waals surface area contributed by atoms with Gasteiger partial charge in [-0.05, 0) is 53.2 Å². The van der Waals surface area contributed by atoms with Gasteiger partial charge in [0.2, 0.25) is 10.0 Å². The Kier molecular flexibility index (Phi) is 5.57. The molecule has 0 bridgehead atoms. The highest BCUT2D eigenvalue weighted by molar-refractivity contribution is 9.10. The van der Waals surface area contributed by atoms with Crippen molar-refractivity contribution in [1.29, 1.82) is 0 Å². The Morgan fingerprint density at radius 3 is 2.76 bits per heavy atom. The SMILES string of the molecule is CCC1CCCN(S(=O)(=O)c2cc(Cl)cc(N)c2Br)CC1. The lowest BCUT2D eigenvalue weighted by atomic mass is 9.98. The van der Waals surface area contributed by atoms with Crippen LogP contribution >= 0.6 is 27.5 Å². The zero-order valence-electron chi connectivity index (χ0n) is 12.0. The van der Waals surface area contributed by atoms with E-state index >= 15 is 0 Å². The van der Waals surface area contributed by atoms with E-state index in [-0.39, 0.29) is 4.90 Å². The predicted molar refractivity (Wildman–Crippen MR) is 90.0 cm³/mol. The molecule has 1 fully saturated rings. The maximum Gasteiger partial charge on any atom is 0.244 e. The molecule has 1 atom stereocenters. The summed E-state index contributed by atoms with van der Waals surface area (Å²) < 4.78 is 27.6. The fraction of sp³-hybridized carbons (Fsp3) is 0.571. The van der Waals surface area contributed by atoms with Crippen LogP contribution in [0.3, 0.4) is 0 Å². The molecule has 2 rings (SSSR count). The number of hydrogen-bond acceptors (Lipinski definition) is 3. The average Bonchev–Trinajstić information content (AvgIpc) is 2.68. The topological polar surface area (TPSA) is 63.4 Å². The van der Waals surface area contributed by atoms with Gasteiger partial charge < -0.3 is 5.73 Å². The first-order chi connectivity index (χ1) is 9.86. The molecule has 7 heteroatoms. The molecule has 1 aromatic carbocycles. The van der Waals surface area contributed by atoms with Crippen molar-refractivity contribution < 1.29 is 8.42 Å². The number of nitrogens with two attached hydrogens (primary N) is 1.